The predicted molar refractivity (Wildman–Crippen MR) is 32.3 cm³/mol. The van der Waals surface area contributed by atoms with Gasteiger partial charge < -0.3 is 19.6 Å². The van der Waals surface area contributed by atoms with Crippen LogP contribution >= 0.6 is 15.6 Å². The molecule has 0 aliphatic rings. The third-order valence-electron chi connectivity index (χ3n) is 0.213. The molecule has 0 bridgehead atoms. The van der Waals surface area contributed by atoms with E-state index in [0.29, 0.717) is 0 Å². The second-order valence-electron chi connectivity index (χ2n) is 1.06. The van der Waals surface area contributed by atoms with Gasteiger partial charge >= 0.3 is 34.5 Å². The maximum absolute atomic E-state index is 9.63. The van der Waals surface area contributed by atoms with Gasteiger partial charge in [0.15, 0.2) is 0 Å². The van der Waals surface area contributed by atoms with Crippen molar-refractivity contribution in [1.82, 2.24) is 0 Å². The van der Waals surface area contributed by atoms with Gasteiger partial charge in [-0.15, -0.1) is 0 Å². The Balaban J connectivity index is -0.000000320. The molecule has 4 N–H and O–H groups in total. The Morgan fingerprint density at radius 1 is 0.909 bits per heavy atom. The molecule has 0 saturated carbocycles. The van der Waals surface area contributed by atoms with Crippen LogP contribution in [0.2, 0.25) is 0 Å². The standard InChI is InChI=1S/Li.Mn.H4O7P2.H/c;;1-8(2,3)7-9(4,5)6;/h;;(H2,1,2,3)(H2,4,5,6);. The summed E-state index contributed by atoms with van der Waals surface area (Å²) in [6.45, 7) is 0. The Kier molecular flexibility index (Phi) is 9.82. The third kappa shape index (κ3) is 18.4. The summed E-state index contributed by atoms with van der Waals surface area (Å²) in [5.41, 5.74) is 0. The first-order chi connectivity index (χ1) is 3.71. The van der Waals surface area contributed by atoms with Crippen molar-refractivity contribution in [1.29, 1.82) is 0 Å². The molecule has 11 heavy (non-hydrogen) atoms. The Labute approximate surface area is 84.7 Å². The maximum atomic E-state index is 9.63. The van der Waals surface area contributed by atoms with Crippen molar-refractivity contribution in [3.05, 3.63) is 0 Å². The number of phosphoric acid groups is 2. The Morgan fingerprint density at radius 3 is 1.09 bits per heavy atom. The quantitative estimate of drug-likeness (QED) is 0.343. The van der Waals surface area contributed by atoms with Gasteiger partial charge in [-0.25, -0.2) is 9.13 Å². The van der Waals surface area contributed by atoms with E-state index in [4.69, 9.17) is 19.6 Å². The van der Waals surface area contributed by atoms with E-state index < -0.39 is 15.6 Å². The van der Waals surface area contributed by atoms with Crippen LogP contribution in [0.5, 0.6) is 0 Å². The summed E-state index contributed by atoms with van der Waals surface area (Å²) in [5.74, 6) is 0. The van der Waals surface area contributed by atoms with Crippen LogP contribution in [0.3, 0.4) is 0 Å². The van der Waals surface area contributed by atoms with Crippen LogP contribution in [0.15, 0.2) is 0 Å². The predicted octanol–water partition coefficient (Wildman–Crippen LogP) is -1.46. The largest absolute Gasteiger partial charge is 0 e. The number of hydrogen-bond donors (Lipinski definition) is 4. The van der Waals surface area contributed by atoms with Crippen LogP contribution in [-0.4, -0.2) is 38.4 Å². The molecule has 0 aromatic carbocycles. The van der Waals surface area contributed by atoms with Gasteiger partial charge in [0.05, 0.1) is 0 Å². The average molecular weight is 241 g/mol. The first kappa shape index (κ1) is 18.2. The van der Waals surface area contributed by atoms with Crippen molar-refractivity contribution in [2.45, 2.75) is 0 Å². The zero-order valence-electron chi connectivity index (χ0n) is 4.29. The molecule has 0 rings (SSSR count). The van der Waals surface area contributed by atoms with E-state index in [1.165, 1.54) is 0 Å². The van der Waals surface area contributed by atoms with E-state index in [9.17, 15) is 9.13 Å². The molecule has 0 aromatic heterocycles. The average Bonchev–Trinajstić information content (AvgIpc) is 1.14. The molecule has 0 aromatic rings. The summed E-state index contributed by atoms with van der Waals surface area (Å²) in [4.78, 5) is 31.0. The van der Waals surface area contributed by atoms with E-state index in [0.717, 1.165) is 0 Å². The molecular formula is H5LiMnO7P2. The summed E-state index contributed by atoms with van der Waals surface area (Å²) in [5, 5.41) is 0. The molecule has 0 amide bonds. The third-order valence-corrected chi connectivity index (χ3v) is 1.91. The maximum Gasteiger partial charge on any atom is 0 e. The molecule has 0 saturated heterocycles. The van der Waals surface area contributed by atoms with Crippen LogP contribution in [-0.2, 0) is 30.5 Å². The summed E-state index contributed by atoms with van der Waals surface area (Å²) < 4.78 is 22.2. The minimum atomic E-state index is -5.05. The summed E-state index contributed by atoms with van der Waals surface area (Å²) in [7, 11) is -10.1. The minimum absolute atomic E-state index is 0. The Morgan fingerprint density at radius 2 is 1.09 bits per heavy atom. The fourth-order valence-corrected chi connectivity index (χ4v) is 1.25. The summed E-state index contributed by atoms with van der Waals surface area (Å²) >= 11 is 0. The van der Waals surface area contributed by atoms with E-state index in [-0.39, 0.29) is 35.9 Å². The van der Waals surface area contributed by atoms with E-state index in [1.807, 2.05) is 0 Å². The van der Waals surface area contributed by atoms with Crippen LogP contribution in [0.25, 0.3) is 0 Å². The molecule has 0 aliphatic carbocycles. The van der Waals surface area contributed by atoms with Crippen molar-refractivity contribution in [2.75, 3.05) is 0 Å². The molecule has 0 atom stereocenters. The van der Waals surface area contributed by atoms with Crippen LogP contribution in [0, 0.1) is 0 Å². The van der Waals surface area contributed by atoms with E-state index in [2.05, 4.69) is 4.31 Å². The normalized spacial score (nSPS) is 11.3. The fourth-order valence-electron chi connectivity index (χ4n) is 0.139. The topological polar surface area (TPSA) is 124 Å². The molecule has 65 valence electrons. The molecule has 0 heterocycles. The molecule has 0 aliphatic heterocycles. The van der Waals surface area contributed by atoms with Crippen LogP contribution in [0.1, 0.15) is 0 Å². The van der Waals surface area contributed by atoms with Gasteiger partial charge in [-0.3, -0.25) is 0 Å². The number of rotatable bonds is 2. The Hall–Kier alpha value is 1.38. The monoisotopic (exact) mass is 241 g/mol. The van der Waals surface area contributed by atoms with E-state index in [1.54, 1.807) is 0 Å². The zero-order valence-corrected chi connectivity index (χ0v) is 7.26. The Bertz CT molecular complexity index is 157. The van der Waals surface area contributed by atoms with Crippen molar-refractivity contribution in [3.8, 4) is 0 Å². The van der Waals surface area contributed by atoms with Gasteiger partial charge in [0.2, 0.25) is 0 Å². The van der Waals surface area contributed by atoms with Gasteiger partial charge in [-0.1, -0.05) is 0 Å². The van der Waals surface area contributed by atoms with Gasteiger partial charge in [0, 0.05) is 17.1 Å². The molecular weight excluding hydrogens is 236 g/mol. The second-order valence-corrected chi connectivity index (χ2v) is 3.68. The molecule has 1 radical (unpaired) electrons. The van der Waals surface area contributed by atoms with Crippen LogP contribution < -0.4 is 0 Å². The molecule has 0 spiro atoms. The first-order valence-corrected chi connectivity index (χ1v) is 4.59. The second kappa shape index (κ2) is 5.93. The van der Waals surface area contributed by atoms with Crippen LogP contribution in [0.4, 0.5) is 0 Å². The molecule has 0 fully saturated rings. The summed E-state index contributed by atoms with van der Waals surface area (Å²) in [6, 6.07) is 0. The first-order valence-electron chi connectivity index (χ1n) is 1.53. The van der Waals surface area contributed by atoms with Crippen molar-refractivity contribution < 1.29 is 50.1 Å². The number of hydrogen-bond acceptors (Lipinski definition) is 3. The molecule has 11 heteroatoms. The van der Waals surface area contributed by atoms with Gasteiger partial charge in [0.25, 0.3) is 0 Å². The minimum Gasteiger partial charge on any atom is 0 e. The fraction of sp³-hybridized carbons (Fsp3) is 0. The SMILES string of the molecule is O=P(O)(O)OP(=O)(O)O.[LiH].[Mn]. The van der Waals surface area contributed by atoms with Crippen molar-refractivity contribution in [2.24, 2.45) is 0 Å². The smallest absolute Gasteiger partial charge is 0 e. The van der Waals surface area contributed by atoms with Gasteiger partial charge in [-0.2, -0.15) is 4.31 Å². The molecule has 7 nitrogen and oxygen atoms in total. The molecule has 0 unspecified atom stereocenters. The van der Waals surface area contributed by atoms with Crippen molar-refractivity contribution >= 4 is 34.5 Å². The van der Waals surface area contributed by atoms with Gasteiger partial charge in [0.1, 0.15) is 0 Å². The summed E-state index contributed by atoms with van der Waals surface area (Å²) in [6.07, 6.45) is 0. The van der Waals surface area contributed by atoms with E-state index >= 15 is 0 Å². The van der Waals surface area contributed by atoms with Gasteiger partial charge in [-0.05, 0) is 0 Å². The van der Waals surface area contributed by atoms with Crippen molar-refractivity contribution in [3.63, 3.8) is 0 Å². The zero-order chi connectivity index (χ0) is 7.71.